The zero-order valence-electron chi connectivity index (χ0n) is 12.6. The number of nitrogens with one attached hydrogen (secondary N) is 2. The van der Waals surface area contributed by atoms with Gasteiger partial charge in [-0.05, 0) is 12.8 Å². The van der Waals surface area contributed by atoms with Crippen LogP contribution in [0.4, 0.5) is 0 Å². The van der Waals surface area contributed by atoms with Crippen molar-refractivity contribution in [1.82, 2.24) is 10.6 Å². The van der Waals surface area contributed by atoms with E-state index in [4.69, 9.17) is 0 Å². The molecule has 0 aliphatic rings. The first-order chi connectivity index (χ1) is 9.16. The Morgan fingerprint density at radius 3 is 1.74 bits per heavy atom. The van der Waals surface area contributed by atoms with E-state index in [-0.39, 0.29) is 11.8 Å². The van der Waals surface area contributed by atoms with Crippen LogP contribution in [0.15, 0.2) is 0 Å². The van der Waals surface area contributed by atoms with Gasteiger partial charge in [-0.1, -0.05) is 44.9 Å². The molecule has 4 heteroatoms. The molecular weight excluding hydrogens is 240 g/mol. The first-order valence-electron chi connectivity index (χ1n) is 7.62. The summed E-state index contributed by atoms with van der Waals surface area (Å²) >= 11 is 0. The summed E-state index contributed by atoms with van der Waals surface area (Å²) in [6.07, 6.45) is 11.5. The highest BCUT2D eigenvalue weighted by Gasteiger charge is 1.97. The summed E-state index contributed by atoms with van der Waals surface area (Å²) in [7, 11) is 1.69. The molecule has 0 aromatic heterocycles. The van der Waals surface area contributed by atoms with Crippen molar-refractivity contribution >= 4 is 11.8 Å². The Bertz CT molecular complexity index is 242. The molecule has 0 unspecified atom stereocenters. The molecular formula is C15H30N2O2. The molecule has 4 nitrogen and oxygen atoms in total. The van der Waals surface area contributed by atoms with Gasteiger partial charge in [-0.2, -0.15) is 0 Å². The van der Waals surface area contributed by atoms with Gasteiger partial charge >= 0.3 is 0 Å². The molecule has 0 aliphatic carbocycles. The molecule has 0 heterocycles. The number of hydrogen-bond acceptors (Lipinski definition) is 2. The van der Waals surface area contributed by atoms with Crippen molar-refractivity contribution in [3.8, 4) is 0 Å². The Labute approximate surface area is 117 Å². The van der Waals surface area contributed by atoms with Gasteiger partial charge in [0.25, 0.3) is 0 Å². The van der Waals surface area contributed by atoms with Gasteiger partial charge in [0.05, 0.1) is 0 Å². The minimum absolute atomic E-state index is 0.0664. The van der Waals surface area contributed by atoms with Crippen molar-refractivity contribution in [3.63, 3.8) is 0 Å². The Hall–Kier alpha value is -1.06. The molecule has 2 N–H and O–H groups in total. The molecule has 0 saturated carbocycles. The van der Waals surface area contributed by atoms with E-state index in [0.717, 1.165) is 25.8 Å². The van der Waals surface area contributed by atoms with E-state index in [2.05, 4.69) is 10.6 Å². The highest BCUT2D eigenvalue weighted by Crippen LogP contribution is 2.10. The predicted molar refractivity (Wildman–Crippen MR) is 78.9 cm³/mol. The topological polar surface area (TPSA) is 58.2 Å². The Morgan fingerprint density at radius 1 is 0.789 bits per heavy atom. The van der Waals surface area contributed by atoms with E-state index in [0.29, 0.717) is 6.42 Å². The first kappa shape index (κ1) is 17.9. The summed E-state index contributed by atoms with van der Waals surface area (Å²) in [6.45, 7) is 2.37. The van der Waals surface area contributed by atoms with Crippen molar-refractivity contribution in [3.05, 3.63) is 0 Å². The van der Waals surface area contributed by atoms with Crippen LogP contribution in [0.25, 0.3) is 0 Å². The Morgan fingerprint density at radius 2 is 1.26 bits per heavy atom. The molecule has 0 radical (unpaired) electrons. The lowest BCUT2D eigenvalue weighted by Gasteiger charge is -2.03. The van der Waals surface area contributed by atoms with Crippen LogP contribution in [0.5, 0.6) is 0 Å². The molecule has 19 heavy (non-hydrogen) atoms. The number of rotatable bonds is 12. The summed E-state index contributed by atoms with van der Waals surface area (Å²) in [5, 5.41) is 5.46. The standard InChI is InChI=1S/C15H30N2O2/c1-14(18)17-13-11-9-7-5-3-4-6-8-10-12-15(19)16-2/h3-13H2,1-2H3,(H,16,19)(H,17,18). The number of amides is 2. The van der Waals surface area contributed by atoms with Gasteiger partial charge in [0, 0.05) is 26.9 Å². The van der Waals surface area contributed by atoms with Crippen molar-refractivity contribution in [2.75, 3.05) is 13.6 Å². The maximum Gasteiger partial charge on any atom is 0.219 e. The SMILES string of the molecule is CNC(=O)CCCCCCCCCCCNC(C)=O. The molecule has 0 aromatic carbocycles. The van der Waals surface area contributed by atoms with Gasteiger partial charge in [0.15, 0.2) is 0 Å². The Kier molecular flexibility index (Phi) is 12.6. The summed E-state index contributed by atoms with van der Waals surface area (Å²) in [4.78, 5) is 21.6. The predicted octanol–water partition coefficient (Wildman–Crippen LogP) is 2.77. The van der Waals surface area contributed by atoms with Gasteiger partial charge in [-0.3, -0.25) is 9.59 Å². The van der Waals surface area contributed by atoms with Crippen molar-refractivity contribution in [1.29, 1.82) is 0 Å². The lowest BCUT2D eigenvalue weighted by molar-refractivity contribution is -0.121. The van der Waals surface area contributed by atoms with Crippen LogP contribution >= 0.6 is 0 Å². The molecule has 0 spiro atoms. The lowest BCUT2D eigenvalue weighted by Crippen LogP contribution is -2.20. The third-order valence-electron chi connectivity index (χ3n) is 3.23. The van der Waals surface area contributed by atoms with E-state index in [1.54, 1.807) is 14.0 Å². The van der Waals surface area contributed by atoms with Gasteiger partial charge in [-0.25, -0.2) is 0 Å². The normalized spacial score (nSPS) is 10.2. The molecule has 0 bridgehead atoms. The number of carbonyl (C=O) groups is 2. The number of carbonyl (C=O) groups excluding carboxylic acids is 2. The largest absolute Gasteiger partial charge is 0.359 e. The van der Waals surface area contributed by atoms with Gasteiger partial charge < -0.3 is 10.6 Å². The maximum atomic E-state index is 11.0. The molecule has 112 valence electrons. The second-order valence-electron chi connectivity index (χ2n) is 5.09. The van der Waals surface area contributed by atoms with E-state index < -0.39 is 0 Å². The molecule has 0 aromatic rings. The second kappa shape index (κ2) is 13.4. The molecule has 0 fully saturated rings. The highest BCUT2D eigenvalue weighted by molar-refractivity contribution is 5.75. The highest BCUT2D eigenvalue weighted by atomic mass is 16.2. The van der Waals surface area contributed by atoms with E-state index in [1.807, 2.05) is 0 Å². The molecule has 0 atom stereocenters. The fraction of sp³-hybridized carbons (Fsp3) is 0.867. The first-order valence-corrected chi connectivity index (χ1v) is 7.62. The van der Waals surface area contributed by atoms with E-state index >= 15 is 0 Å². The zero-order chi connectivity index (χ0) is 14.3. The lowest BCUT2D eigenvalue weighted by atomic mass is 10.1. The fourth-order valence-electron chi connectivity index (χ4n) is 2.04. The quantitative estimate of drug-likeness (QED) is 0.536. The molecule has 2 amide bonds. The van der Waals surface area contributed by atoms with Crippen LogP contribution in [-0.4, -0.2) is 25.4 Å². The minimum atomic E-state index is 0.0664. The van der Waals surface area contributed by atoms with Crippen LogP contribution in [0.3, 0.4) is 0 Å². The summed E-state index contributed by atoms with van der Waals surface area (Å²) in [5.74, 6) is 0.218. The monoisotopic (exact) mass is 270 g/mol. The smallest absolute Gasteiger partial charge is 0.219 e. The number of hydrogen-bond donors (Lipinski definition) is 2. The van der Waals surface area contributed by atoms with Gasteiger partial charge in [0.1, 0.15) is 0 Å². The Balaban J connectivity index is 3.03. The number of unbranched alkanes of at least 4 members (excludes halogenated alkanes) is 8. The zero-order valence-corrected chi connectivity index (χ0v) is 12.6. The van der Waals surface area contributed by atoms with Crippen LogP contribution in [0, 0.1) is 0 Å². The van der Waals surface area contributed by atoms with Crippen LogP contribution < -0.4 is 10.6 Å². The van der Waals surface area contributed by atoms with Gasteiger partial charge in [0.2, 0.25) is 11.8 Å². The van der Waals surface area contributed by atoms with Crippen LogP contribution in [-0.2, 0) is 9.59 Å². The molecule has 0 saturated heterocycles. The third-order valence-corrected chi connectivity index (χ3v) is 3.23. The molecule has 0 aliphatic heterocycles. The average Bonchev–Trinajstić information content (AvgIpc) is 2.39. The summed E-state index contributed by atoms with van der Waals surface area (Å²) < 4.78 is 0. The summed E-state index contributed by atoms with van der Waals surface area (Å²) in [6, 6.07) is 0. The average molecular weight is 270 g/mol. The second-order valence-corrected chi connectivity index (χ2v) is 5.09. The van der Waals surface area contributed by atoms with E-state index in [1.165, 1.54) is 38.5 Å². The van der Waals surface area contributed by atoms with Crippen LogP contribution in [0.2, 0.25) is 0 Å². The van der Waals surface area contributed by atoms with Crippen LogP contribution in [0.1, 0.15) is 71.1 Å². The van der Waals surface area contributed by atoms with Crippen molar-refractivity contribution in [2.45, 2.75) is 71.1 Å². The third kappa shape index (κ3) is 14.9. The fourth-order valence-corrected chi connectivity index (χ4v) is 2.04. The minimum Gasteiger partial charge on any atom is -0.359 e. The summed E-state index contributed by atoms with van der Waals surface area (Å²) in [5.41, 5.74) is 0. The van der Waals surface area contributed by atoms with E-state index in [9.17, 15) is 9.59 Å². The molecule has 0 rings (SSSR count). The van der Waals surface area contributed by atoms with Gasteiger partial charge in [-0.15, -0.1) is 0 Å². The van der Waals surface area contributed by atoms with Crippen molar-refractivity contribution in [2.24, 2.45) is 0 Å². The van der Waals surface area contributed by atoms with Crippen molar-refractivity contribution < 1.29 is 9.59 Å². The maximum absolute atomic E-state index is 11.0.